The normalized spacial score (nSPS) is 16.5. The summed E-state index contributed by atoms with van der Waals surface area (Å²) >= 11 is 5.39. The van der Waals surface area contributed by atoms with Crippen LogP contribution in [0.25, 0.3) is 10.9 Å². The topological polar surface area (TPSA) is 79.4 Å². The number of fused-ring (bicyclic) bond motifs is 1. The summed E-state index contributed by atoms with van der Waals surface area (Å²) in [5.74, 6) is 0.544. The zero-order valence-electron chi connectivity index (χ0n) is 20.5. The first kappa shape index (κ1) is 25.3. The molecule has 2 N–H and O–H groups in total. The Morgan fingerprint density at radius 3 is 2.80 bits per heavy atom. The maximum atomic E-state index is 13.0. The first-order valence-corrected chi connectivity index (χ1v) is 12.7. The van der Waals surface area contributed by atoms with Gasteiger partial charge in [-0.2, -0.15) is 0 Å². The van der Waals surface area contributed by atoms with E-state index in [4.69, 9.17) is 17.0 Å². The molecule has 1 aliphatic rings. The quantitative estimate of drug-likeness (QED) is 0.343. The first-order valence-electron chi connectivity index (χ1n) is 12.3. The van der Waals surface area contributed by atoms with Crippen molar-refractivity contribution in [1.82, 2.24) is 19.8 Å². The van der Waals surface area contributed by atoms with Gasteiger partial charge in [-0.15, -0.1) is 0 Å². The number of likely N-dealkylation sites (tertiary alicyclic amines) is 1. The molecule has 3 aromatic rings. The van der Waals surface area contributed by atoms with Gasteiger partial charge in [0.05, 0.1) is 10.9 Å². The highest BCUT2D eigenvalue weighted by Crippen LogP contribution is 2.20. The second-order valence-corrected chi connectivity index (χ2v) is 9.81. The predicted octanol–water partition coefficient (Wildman–Crippen LogP) is 4.26. The SMILES string of the molecule is COCCCn1c(=S)[nH]c2cc(C(=O)NCc3ccccc3CN3CCCC(C)C3)ccc2c1=O. The van der Waals surface area contributed by atoms with E-state index in [-0.39, 0.29) is 11.5 Å². The van der Waals surface area contributed by atoms with Gasteiger partial charge < -0.3 is 15.0 Å². The molecule has 1 aliphatic heterocycles. The average Bonchev–Trinajstić information content (AvgIpc) is 2.85. The molecule has 8 heteroatoms. The zero-order chi connectivity index (χ0) is 24.8. The monoisotopic (exact) mass is 494 g/mol. The average molecular weight is 495 g/mol. The minimum atomic E-state index is -0.183. The number of nitrogens with zero attached hydrogens (tertiary/aromatic N) is 2. The molecule has 1 saturated heterocycles. The molecule has 0 spiro atoms. The Balaban J connectivity index is 1.46. The van der Waals surface area contributed by atoms with Gasteiger partial charge in [-0.25, -0.2) is 0 Å². The van der Waals surface area contributed by atoms with Crippen LogP contribution in [-0.2, 0) is 24.4 Å². The van der Waals surface area contributed by atoms with E-state index in [0.717, 1.165) is 31.1 Å². The van der Waals surface area contributed by atoms with Crippen LogP contribution < -0.4 is 10.9 Å². The number of amides is 1. The number of aromatic nitrogens is 2. The van der Waals surface area contributed by atoms with Gasteiger partial charge in [0.15, 0.2) is 4.77 Å². The van der Waals surface area contributed by atoms with Crippen LogP contribution >= 0.6 is 12.2 Å². The van der Waals surface area contributed by atoms with Crippen LogP contribution in [0.2, 0.25) is 0 Å². The summed E-state index contributed by atoms with van der Waals surface area (Å²) in [5.41, 5.74) is 3.27. The number of carbonyl (C=O) groups is 1. The van der Waals surface area contributed by atoms with Crippen LogP contribution in [0, 0.1) is 10.7 Å². The maximum absolute atomic E-state index is 13.0. The minimum absolute atomic E-state index is 0.159. The summed E-state index contributed by atoms with van der Waals surface area (Å²) in [6, 6.07) is 13.4. The van der Waals surface area contributed by atoms with Crippen LogP contribution in [-0.4, -0.2) is 47.2 Å². The lowest BCUT2D eigenvalue weighted by atomic mass is 9.99. The number of nitrogens with one attached hydrogen (secondary N) is 2. The Kier molecular flexibility index (Phi) is 8.49. The summed E-state index contributed by atoms with van der Waals surface area (Å²) in [5, 5.41) is 3.55. The molecule has 7 nitrogen and oxygen atoms in total. The summed E-state index contributed by atoms with van der Waals surface area (Å²) in [6.07, 6.45) is 3.23. The summed E-state index contributed by atoms with van der Waals surface area (Å²) < 4.78 is 6.95. The van der Waals surface area contributed by atoms with Crippen molar-refractivity contribution in [3.8, 4) is 0 Å². The molecule has 186 valence electrons. The van der Waals surface area contributed by atoms with Gasteiger partial charge in [-0.05, 0) is 73.3 Å². The second-order valence-electron chi connectivity index (χ2n) is 9.43. The molecule has 0 bridgehead atoms. The van der Waals surface area contributed by atoms with E-state index in [2.05, 4.69) is 40.3 Å². The van der Waals surface area contributed by atoms with Gasteiger partial charge in [0.2, 0.25) is 0 Å². The van der Waals surface area contributed by atoms with Crippen LogP contribution in [0.15, 0.2) is 47.3 Å². The molecule has 0 aliphatic carbocycles. The molecular weight excluding hydrogens is 460 g/mol. The fourth-order valence-electron chi connectivity index (χ4n) is 4.80. The van der Waals surface area contributed by atoms with Crippen molar-refractivity contribution in [2.75, 3.05) is 26.8 Å². The number of ether oxygens (including phenoxy) is 1. The number of aromatic amines is 1. The summed E-state index contributed by atoms with van der Waals surface area (Å²) in [4.78, 5) is 31.5. The van der Waals surface area contributed by atoms with Gasteiger partial charge in [0, 0.05) is 45.5 Å². The molecule has 0 saturated carbocycles. The van der Waals surface area contributed by atoms with E-state index in [1.165, 1.54) is 23.0 Å². The molecule has 0 radical (unpaired) electrons. The number of piperidine rings is 1. The molecule has 2 aromatic carbocycles. The van der Waals surface area contributed by atoms with Gasteiger partial charge in [-0.1, -0.05) is 31.2 Å². The number of H-pyrrole nitrogens is 1. The van der Waals surface area contributed by atoms with E-state index in [0.29, 0.717) is 47.4 Å². The van der Waals surface area contributed by atoms with E-state index in [1.54, 1.807) is 25.3 Å². The third-order valence-corrected chi connectivity index (χ3v) is 6.99. The second kappa shape index (κ2) is 11.7. The van der Waals surface area contributed by atoms with Crippen molar-refractivity contribution in [1.29, 1.82) is 0 Å². The molecule has 1 amide bonds. The Morgan fingerprint density at radius 2 is 2.03 bits per heavy atom. The van der Waals surface area contributed by atoms with E-state index >= 15 is 0 Å². The smallest absolute Gasteiger partial charge is 0.262 e. The van der Waals surface area contributed by atoms with Crippen LogP contribution in [0.5, 0.6) is 0 Å². The van der Waals surface area contributed by atoms with Crippen molar-refractivity contribution in [3.63, 3.8) is 0 Å². The molecule has 35 heavy (non-hydrogen) atoms. The molecule has 1 aromatic heterocycles. The van der Waals surface area contributed by atoms with Gasteiger partial charge >= 0.3 is 0 Å². The van der Waals surface area contributed by atoms with Crippen LogP contribution in [0.1, 0.15) is 47.7 Å². The number of rotatable bonds is 9. The highest BCUT2D eigenvalue weighted by atomic mass is 32.1. The van der Waals surface area contributed by atoms with Crippen LogP contribution in [0.3, 0.4) is 0 Å². The number of benzene rings is 2. The predicted molar refractivity (Wildman–Crippen MR) is 141 cm³/mol. The number of methoxy groups -OCH3 is 1. The first-order chi connectivity index (χ1) is 17.0. The third-order valence-electron chi connectivity index (χ3n) is 6.67. The number of hydrogen-bond acceptors (Lipinski definition) is 5. The molecule has 4 rings (SSSR count). The molecule has 2 heterocycles. The van der Waals surface area contributed by atoms with Crippen molar-refractivity contribution in [3.05, 3.63) is 74.3 Å². The van der Waals surface area contributed by atoms with Gasteiger partial charge in [0.1, 0.15) is 0 Å². The summed E-state index contributed by atoms with van der Waals surface area (Å²) in [7, 11) is 1.63. The maximum Gasteiger partial charge on any atom is 0.262 e. The summed E-state index contributed by atoms with van der Waals surface area (Å²) in [6.45, 7) is 6.94. The largest absolute Gasteiger partial charge is 0.385 e. The molecule has 1 fully saturated rings. The van der Waals surface area contributed by atoms with Crippen LogP contribution in [0.4, 0.5) is 0 Å². The fourth-order valence-corrected chi connectivity index (χ4v) is 5.08. The zero-order valence-corrected chi connectivity index (χ0v) is 21.3. The highest BCUT2D eigenvalue weighted by molar-refractivity contribution is 7.71. The Labute approximate surface area is 211 Å². The lowest BCUT2D eigenvalue weighted by Crippen LogP contribution is -2.34. The Hall–Kier alpha value is -2.81. The molecule has 1 unspecified atom stereocenters. The lowest BCUT2D eigenvalue weighted by Gasteiger charge is -2.31. The van der Waals surface area contributed by atoms with E-state index in [1.807, 2.05) is 6.07 Å². The molecule has 1 atom stereocenters. The van der Waals surface area contributed by atoms with E-state index < -0.39 is 0 Å². The minimum Gasteiger partial charge on any atom is -0.385 e. The third kappa shape index (κ3) is 6.25. The lowest BCUT2D eigenvalue weighted by molar-refractivity contribution is 0.0950. The van der Waals surface area contributed by atoms with Gasteiger partial charge in [-0.3, -0.25) is 19.1 Å². The Morgan fingerprint density at radius 1 is 1.23 bits per heavy atom. The number of carbonyl (C=O) groups excluding carboxylic acids is 1. The van der Waals surface area contributed by atoms with Crippen molar-refractivity contribution < 1.29 is 9.53 Å². The molecular formula is C27H34N4O3S. The van der Waals surface area contributed by atoms with E-state index in [9.17, 15) is 9.59 Å². The van der Waals surface area contributed by atoms with Crippen molar-refractivity contribution in [2.24, 2.45) is 5.92 Å². The Bertz CT molecular complexity index is 1300. The standard InChI is InChI=1S/C27H34N4O3S/c1-19-7-5-12-30(17-19)18-22-9-4-3-8-21(22)16-28-25(32)20-10-11-23-24(15-20)29-27(35)31(26(23)33)13-6-14-34-2/h3-4,8-11,15,19H,5-7,12-14,16-18H2,1-2H3,(H,28,32)(H,29,35). The van der Waals surface area contributed by atoms with Crippen molar-refractivity contribution in [2.45, 2.75) is 45.8 Å². The number of hydrogen-bond donors (Lipinski definition) is 2. The van der Waals surface area contributed by atoms with Crippen molar-refractivity contribution >= 4 is 29.0 Å². The highest BCUT2D eigenvalue weighted by Gasteiger charge is 2.17. The van der Waals surface area contributed by atoms with Gasteiger partial charge in [0.25, 0.3) is 11.5 Å². The fraction of sp³-hybridized carbons (Fsp3) is 0.444.